The zero-order valence-corrected chi connectivity index (χ0v) is 8.32. The van der Waals surface area contributed by atoms with Crippen LogP contribution < -0.4 is 0 Å². The van der Waals surface area contributed by atoms with Gasteiger partial charge in [0.05, 0.1) is 5.92 Å². The average molecular weight is 295 g/mol. The van der Waals surface area contributed by atoms with E-state index in [1.807, 2.05) is 0 Å². The summed E-state index contributed by atoms with van der Waals surface area (Å²) in [4.78, 5) is 9.70. The Morgan fingerprint density at radius 3 is 1.71 bits per heavy atom. The van der Waals surface area contributed by atoms with Crippen molar-refractivity contribution in [2.75, 3.05) is 0 Å². The minimum absolute atomic E-state index is 0. The third-order valence-electron chi connectivity index (χ3n) is 0.494. The van der Waals surface area contributed by atoms with Crippen LogP contribution in [0.1, 0.15) is 13.8 Å². The van der Waals surface area contributed by atoms with Crippen LogP contribution in [0.15, 0.2) is 0 Å². The van der Waals surface area contributed by atoms with Gasteiger partial charge < -0.3 is 5.11 Å². The van der Waals surface area contributed by atoms with E-state index in [0.29, 0.717) is 0 Å². The Kier molecular flexibility index (Phi) is 6.75. The summed E-state index contributed by atoms with van der Waals surface area (Å²) in [6.45, 7) is 3.28. The van der Waals surface area contributed by atoms with Crippen molar-refractivity contribution in [3.05, 3.63) is 0 Å². The Labute approximate surface area is 63.1 Å². The molecule has 0 rings (SSSR count). The van der Waals surface area contributed by atoms with E-state index in [2.05, 4.69) is 0 Å². The maximum Gasteiger partial charge on any atom is 0.305 e. The Bertz CT molecular complexity index is 60.7. The Balaban J connectivity index is 0. The summed E-state index contributed by atoms with van der Waals surface area (Å²) >= 11 is 0. The summed E-state index contributed by atoms with van der Waals surface area (Å²) in [6, 6.07) is 0. The van der Waals surface area contributed by atoms with Crippen molar-refractivity contribution >= 4 is 33.3 Å². The number of carboxylic acid groups (broad SMARTS) is 1. The first-order valence-electron chi connectivity index (χ1n) is 1.87. The van der Waals surface area contributed by atoms with Crippen LogP contribution in [0.2, 0.25) is 0 Å². The molecule has 4 radical (unpaired) electrons. The molecule has 0 aromatic heterocycles. The molecule has 0 saturated heterocycles. The quantitative estimate of drug-likeness (QED) is 0.709. The number of carboxylic acids is 1. The molecule has 0 unspecified atom stereocenters. The van der Waals surface area contributed by atoms with Crippen LogP contribution in [0.25, 0.3) is 0 Å². The van der Waals surface area contributed by atoms with Gasteiger partial charge in [0.15, 0.2) is 0 Å². The first-order valence-corrected chi connectivity index (χ1v) is 1.87. The molecule has 40 valence electrons. The Morgan fingerprint density at radius 1 is 1.57 bits per heavy atom. The predicted molar refractivity (Wildman–Crippen MR) is 28.2 cm³/mol. The molecule has 0 aliphatic carbocycles. The molecule has 3 heteroatoms. The summed E-state index contributed by atoms with van der Waals surface area (Å²) < 4.78 is 0. The molecule has 0 heterocycles. The molecular weight excluding hydrogens is 287 g/mol. The van der Waals surface area contributed by atoms with Gasteiger partial charge in [-0.05, 0) is 0 Å². The first kappa shape index (κ1) is 10.4. The summed E-state index contributed by atoms with van der Waals surface area (Å²) in [7, 11) is 0. The molecule has 0 atom stereocenters. The topological polar surface area (TPSA) is 37.3 Å². The van der Waals surface area contributed by atoms with Crippen molar-refractivity contribution in [2.45, 2.75) is 13.8 Å². The third kappa shape index (κ3) is 6.39. The zero-order valence-electron chi connectivity index (χ0n) is 4.43. The number of carbonyl (C=O) groups is 1. The molecule has 0 bridgehead atoms. The van der Waals surface area contributed by atoms with E-state index in [-0.39, 0.29) is 33.2 Å². The molecule has 0 aliphatic heterocycles. The van der Waals surface area contributed by atoms with E-state index in [1.165, 1.54) is 0 Å². The van der Waals surface area contributed by atoms with Gasteiger partial charge in [0.2, 0.25) is 0 Å². The minimum Gasteiger partial charge on any atom is -0.481 e. The molecule has 2 nitrogen and oxygen atoms in total. The fourth-order valence-corrected chi connectivity index (χ4v) is 0. The second-order valence-electron chi connectivity index (χ2n) is 1.49. The molecule has 7 heavy (non-hydrogen) atoms. The van der Waals surface area contributed by atoms with E-state index in [0.717, 1.165) is 0 Å². The SMILES string of the molecule is CC(C)C(=O)O.[Pb]. The van der Waals surface area contributed by atoms with E-state index >= 15 is 0 Å². The van der Waals surface area contributed by atoms with E-state index in [1.54, 1.807) is 13.8 Å². The van der Waals surface area contributed by atoms with Gasteiger partial charge in [0.1, 0.15) is 0 Å². The standard InChI is InChI=1S/C4H8O2.Pb/c1-3(2)4(5)6;/h3H,1-2H3,(H,5,6);. The number of hydrogen-bond donors (Lipinski definition) is 1. The fraction of sp³-hybridized carbons (Fsp3) is 0.750. The first-order chi connectivity index (χ1) is 2.64. The van der Waals surface area contributed by atoms with Crippen LogP contribution in [-0.2, 0) is 4.79 Å². The summed E-state index contributed by atoms with van der Waals surface area (Å²) in [6.07, 6.45) is 0. The van der Waals surface area contributed by atoms with Crippen LogP contribution in [0.3, 0.4) is 0 Å². The van der Waals surface area contributed by atoms with Gasteiger partial charge in [-0.15, -0.1) is 0 Å². The zero-order chi connectivity index (χ0) is 5.15. The van der Waals surface area contributed by atoms with Gasteiger partial charge in [-0.3, -0.25) is 4.79 Å². The van der Waals surface area contributed by atoms with Crippen molar-refractivity contribution in [1.29, 1.82) is 0 Å². The largest absolute Gasteiger partial charge is 0.481 e. The van der Waals surface area contributed by atoms with E-state index in [4.69, 9.17) is 5.11 Å². The summed E-state index contributed by atoms with van der Waals surface area (Å²) in [5.41, 5.74) is 0. The molecule has 0 aromatic rings. The number of aliphatic carboxylic acids is 1. The second-order valence-corrected chi connectivity index (χ2v) is 1.49. The molecule has 0 aromatic carbocycles. The number of rotatable bonds is 1. The van der Waals surface area contributed by atoms with E-state index < -0.39 is 5.97 Å². The summed E-state index contributed by atoms with van der Waals surface area (Å²) in [5, 5.41) is 7.99. The molecule has 0 saturated carbocycles. The minimum atomic E-state index is -0.741. The van der Waals surface area contributed by atoms with Gasteiger partial charge in [-0.1, -0.05) is 13.8 Å². The molecular formula is C4H8O2Pb. The Hall–Kier alpha value is 0.392. The fourth-order valence-electron chi connectivity index (χ4n) is 0. The maximum atomic E-state index is 9.70. The molecule has 0 amide bonds. The van der Waals surface area contributed by atoms with Crippen molar-refractivity contribution < 1.29 is 9.90 Å². The maximum absolute atomic E-state index is 9.70. The van der Waals surface area contributed by atoms with Gasteiger partial charge in [-0.25, -0.2) is 0 Å². The van der Waals surface area contributed by atoms with Crippen LogP contribution in [-0.4, -0.2) is 38.4 Å². The summed E-state index contributed by atoms with van der Waals surface area (Å²) in [5.74, 6) is -0.972. The molecule has 0 aliphatic rings. The van der Waals surface area contributed by atoms with Gasteiger partial charge >= 0.3 is 5.97 Å². The Morgan fingerprint density at radius 2 is 1.71 bits per heavy atom. The van der Waals surface area contributed by atoms with Crippen molar-refractivity contribution in [2.24, 2.45) is 5.92 Å². The van der Waals surface area contributed by atoms with Crippen LogP contribution in [0.5, 0.6) is 0 Å². The second kappa shape index (κ2) is 4.55. The van der Waals surface area contributed by atoms with Crippen molar-refractivity contribution in [3.63, 3.8) is 0 Å². The van der Waals surface area contributed by atoms with E-state index in [9.17, 15) is 4.79 Å². The molecule has 0 fully saturated rings. The van der Waals surface area contributed by atoms with Crippen molar-refractivity contribution in [3.8, 4) is 0 Å². The van der Waals surface area contributed by atoms with Crippen LogP contribution >= 0.6 is 0 Å². The monoisotopic (exact) mass is 296 g/mol. The van der Waals surface area contributed by atoms with Gasteiger partial charge in [0.25, 0.3) is 0 Å². The van der Waals surface area contributed by atoms with Crippen LogP contribution in [0.4, 0.5) is 0 Å². The normalized spacial score (nSPS) is 7.86. The molecule has 0 spiro atoms. The third-order valence-corrected chi connectivity index (χ3v) is 0.494. The van der Waals surface area contributed by atoms with Gasteiger partial charge in [-0.2, -0.15) is 0 Å². The predicted octanol–water partition coefficient (Wildman–Crippen LogP) is 0.346. The average Bonchev–Trinajstić information content (AvgIpc) is 1.36. The van der Waals surface area contributed by atoms with Crippen molar-refractivity contribution in [1.82, 2.24) is 0 Å². The molecule has 1 N–H and O–H groups in total. The number of hydrogen-bond acceptors (Lipinski definition) is 1. The van der Waals surface area contributed by atoms with Crippen LogP contribution in [0, 0.1) is 5.92 Å². The van der Waals surface area contributed by atoms with Gasteiger partial charge in [0, 0.05) is 27.3 Å². The smallest absolute Gasteiger partial charge is 0.305 e.